The Labute approximate surface area is 89.7 Å². The smallest absolute Gasteiger partial charge is 0.254 e. The Kier molecular flexibility index (Phi) is 3.29. The highest BCUT2D eigenvalue weighted by molar-refractivity contribution is 5.17. The maximum absolute atomic E-state index is 11.6. The van der Waals surface area contributed by atoms with E-state index in [0.717, 1.165) is 12.1 Å². The van der Waals surface area contributed by atoms with E-state index in [-0.39, 0.29) is 5.56 Å². The molecule has 0 aromatic carbocycles. The van der Waals surface area contributed by atoms with Crippen LogP contribution < -0.4 is 5.56 Å². The standard InChI is InChI=1S/C11H18N2O2/c1-6-8-7(2)9(14)13-10(12-8)11(3,4)15-5/h6H2,1-5H3,(H,12,13,14). The lowest BCUT2D eigenvalue weighted by Gasteiger charge is -2.22. The van der Waals surface area contributed by atoms with Crippen LogP contribution in [0.25, 0.3) is 0 Å². The normalized spacial score (nSPS) is 11.8. The number of nitrogens with one attached hydrogen (secondary N) is 1. The number of methoxy groups -OCH3 is 1. The van der Waals surface area contributed by atoms with Gasteiger partial charge in [0, 0.05) is 12.7 Å². The van der Waals surface area contributed by atoms with Gasteiger partial charge in [0.15, 0.2) is 0 Å². The number of ether oxygens (including phenoxy) is 1. The van der Waals surface area contributed by atoms with Gasteiger partial charge in [-0.15, -0.1) is 0 Å². The van der Waals surface area contributed by atoms with Gasteiger partial charge in [-0.25, -0.2) is 4.98 Å². The first-order valence-corrected chi connectivity index (χ1v) is 5.07. The third kappa shape index (κ3) is 2.26. The van der Waals surface area contributed by atoms with Crippen molar-refractivity contribution in [2.75, 3.05) is 7.11 Å². The molecule has 1 N–H and O–H groups in total. The molecule has 0 spiro atoms. The first-order valence-electron chi connectivity index (χ1n) is 5.07. The highest BCUT2D eigenvalue weighted by atomic mass is 16.5. The summed E-state index contributed by atoms with van der Waals surface area (Å²) in [4.78, 5) is 18.8. The summed E-state index contributed by atoms with van der Waals surface area (Å²) in [7, 11) is 1.60. The van der Waals surface area contributed by atoms with Gasteiger partial charge >= 0.3 is 0 Å². The Morgan fingerprint density at radius 3 is 2.53 bits per heavy atom. The van der Waals surface area contributed by atoms with E-state index in [9.17, 15) is 4.79 Å². The molecule has 0 aliphatic heterocycles. The molecule has 0 atom stereocenters. The third-order valence-electron chi connectivity index (χ3n) is 2.67. The third-order valence-corrected chi connectivity index (χ3v) is 2.67. The van der Waals surface area contributed by atoms with Gasteiger partial charge in [-0.2, -0.15) is 0 Å². The van der Waals surface area contributed by atoms with Crippen molar-refractivity contribution < 1.29 is 4.74 Å². The monoisotopic (exact) mass is 210 g/mol. The maximum atomic E-state index is 11.6. The van der Waals surface area contributed by atoms with Crippen LogP contribution in [0.1, 0.15) is 37.9 Å². The van der Waals surface area contributed by atoms with Crippen LogP contribution in [0, 0.1) is 6.92 Å². The van der Waals surface area contributed by atoms with E-state index in [1.165, 1.54) is 0 Å². The molecule has 0 saturated carbocycles. The number of nitrogens with zero attached hydrogens (tertiary/aromatic N) is 1. The highest BCUT2D eigenvalue weighted by Crippen LogP contribution is 2.19. The molecule has 0 saturated heterocycles. The fourth-order valence-electron chi connectivity index (χ4n) is 1.31. The first kappa shape index (κ1) is 11.9. The van der Waals surface area contributed by atoms with Crippen LogP contribution in [-0.2, 0) is 16.8 Å². The molecule has 0 fully saturated rings. The molecule has 1 aromatic rings. The minimum atomic E-state index is -0.559. The van der Waals surface area contributed by atoms with E-state index in [0.29, 0.717) is 11.4 Å². The zero-order valence-corrected chi connectivity index (χ0v) is 9.97. The number of aryl methyl sites for hydroxylation is 1. The zero-order chi connectivity index (χ0) is 11.6. The number of hydrogen-bond acceptors (Lipinski definition) is 3. The van der Waals surface area contributed by atoms with Gasteiger partial charge in [-0.05, 0) is 27.2 Å². The van der Waals surface area contributed by atoms with Crippen molar-refractivity contribution in [3.05, 3.63) is 27.4 Å². The average Bonchev–Trinajstić information content (AvgIpc) is 2.21. The topological polar surface area (TPSA) is 55.0 Å². The summed E-state index contributed by atoms with van der Waals surface area (Å²) >= 11 is 0. The van der Waals surface area contributed by atoms with Gasteiger partial charge in [0.1, 0.15) is 11.4 Å². The molecule has 0 unspecified atom stereocenters. The molecular weight excluding hydrogens is 192 g/mol. The molecule has 84 valence electrons. The van der Waals surface area contributed by atoms with Crippen molar-refractivity contribution in [2.24, 2.45) is 0 Å². The Morgan fingerprint density at radius 1 is 1.47 bits per heavy atom. The maximum Gasteiger partial charge on any atom is 0.254 e. The molecule has 1 rings (SSSR count). The molecule has 0 amide bonds. The fraction of sp³-hybridized carbons (Fsp3) is 0.636. The van der Waals surface area contributed by atoms with Gasteiger partial charge < -0.3 is 9.72 Å². The largest absolute Gasteiger partial charge is 0.371 e. The Balaban J connectivity index is 3.35. The summed E-state index contributed by atoms with van der Waals surface area (Å²) in [6.07, 6.45) is 0.753. The lowest BCUT2D eigenvalue weighted by molar-refractivity contribution is 0.0110. The van der Waals surface area contributed by atoms with Crippen molar-refractivity contribution in [2.45, 2.75) is 39.7 Å². The summed E-state index contributed by atoms with van der Waals surface area (Å²) in [5.74, 6) is 0.581. The number of rotatable bonds is 3. The van der Waals surface area contributed by atoms with Crippen LogP contribution in [0.4, 0.5) is 0 Å². The van der Waals surface area contributed by atoms with Gasteiger partial charge in [0.2, 0.25) is 0 Å². The molecule has 0 bridgehead atoms. The second kappa shape index (κ2) is 4.14. The molecule has 0 aliphatic carbocycles. The summed E-state index contributed by atoms with van der Waals surface area (Å²) in [6, 6.07) is 0. The van der Waals surface area contributed by atoms with Crippen LogP contribution in [0.15, 0.2) is 4.79 Å². The van der Waals surface area contributed by atoms with Crippen LogP contribution in [-0.4, -0.2) is 17.1 Å². The number of aromatic amines is 1. The lowest BCUT2D eigenvalue weighted by atomic mass is 10.1. The van der Waals surface area contributed by atoms with E-state index < -0.39 is 5.60 Å². The molecular formula is C11H18N2O2. The molecule has 15 heavy (non-hydrogen) atoms. The van der Waals surface area contributed by atoms with E-state index >= 15 is 0 Å². The summed E-state index contributed by atoms with van der Waals surface area (Å²) < 4.78 is 5.29. The van der Waals surface area contributed by atoms with Crippen LogP contribution in [0.2, 0.25) is 0 Å². The molecule has 0 aliphatic rings. The fourth-order valence-corrected chi connectivity index (χ4v) is 1.31. The van der Waals surface area contributed by atoms with Crippen molar-refractivity contribution in [1.82, 2.24) is 9.97 Å². The van der Waals surface area contributed by atoms with E-state index in [2.05, 4.69) is 9.97 Å². The number of hydrogen-bond donors (Lipinski definition) is 1. The zero-order valence-electron chi connectivity index (χ0n) is 9.97. The SMILES string of the molecule is CCc1nc(C(C)(C)OC)[nH]c(=O)c1C. The van der Waals surface area contributed by atoms with Gasteiger partial charge in [0.05, 0.1) is 5.69 Å². The number of aromatic nitrogens is 2. The second-order valence-corrected chi connectivity index (χ2v) is 4.05. The molecule has 1 heterocycles. The van der Waals surface area contributed by atoms with Crippen molar-refractivity contribution >= 4 is 0 Å². The van der Waals surface area contributed by atoms with Gasteiger partial charge in [-0.1, -0.05) is 6.92 Å². The Hall–Kier alpha value is -1.16. The summed E-state index contributed by atoms with van der Waals surface area (Å²) in [6.45, 7) is 7.52. The quantitative estimate of drug-likeness (QED) is 0.823. The number of H-pyrrole nitrogens is 1. The van der Waals surface area contributed by atoms with E-state index in [1.807, 2.05) is 20.8 Å². The van der Waals surface area contributed by atoms with Crippen LogP contribution in [0.5, 0.6) is 0 Å². The molecule has 0 radical (unpaired) electrons. The van der Waals surface area contributed by atoms with E-state index in [4.69, 9.17) is 4.74 Å². The van der Waals surface area contributed by atoms with Crippen LogP contribution in [0.3, 0.4) is 0 Å². The molecule has 4 heteroatoms. The predicted octanol–water partition coefficient (Wildman–Crippen LogP) is 1.52. The highest BCUT2D eigenvalue weighted by Gasteiger charge is 2.23. The predicted molar refractivity (Wildman–Crippen MR) is 59.0 cm³/mol. The first-order chi connectivity index (χ1) is 6.92. The van der Waals surface area contributed by atoms with Crippen molar-refractivity contribution in [3.8, 4) is 0 Å². The molecule has 4 nitrogen and oxygen atoms in total. The second-order valence-electron chi connectivity index (χ2n) is 4.05. The van der Waals surface area contributed by atoms with Crippen molar-refractivity contribution in [1.29, 1.82) is 0 Å². The molecule has 1 aromatic heterocycles. The van der Waals surface area contributed by atoms with E-state index in [1.54, 1.807) is 14.0 Å². The summed E-state index contributed by atoms with van der Waals surface area (Å²) in [5, 5.41) is 0. The minimum Gasteiger partial charge on any atom is -0.371 e. The van der Waals surface area contributed by atoms with Crippen LogP contribution >= 0.6 is 0 Å². The van der Waals surface area contributed by atoms with Gasteiger partial charge in [0.25, 0.3) is 5.56 Å². The average molecular weight is 210 g/mol. The Bertz CT molecular complexity index is 408. The summed E-state index contributed by atoms with van der Waals surface area (Å²) in [5.41, 5.74) is 0.880. The minimum absolute atomic E-state index is 0.0815. The van der Waals surface area contributed by atoms with Gasteiger partial charge in [-0.3, -0.25) is 4.79 Å². The van der Waals surface area contributed by atoms with Crippen molar-refractivity contribution in [3.63, 3.8) is 0 Å². The lowest BCUT2D eigenvalue weighted by Crippen LogP contribution is -2.28. The Morgan fingerprint density at radius 2 is 2.07 bits per heavy atom.